The second-order valence-corrected chi connectivity index (χ2v) is 6.45. The number of carbonyl (C=O) groups is 1. The van der Waals surface area contributed by atoms with Gasteiger partial charge in [-0.3, -0.25) is 9.48 Å². The van der Waals surface area contributed by atoms with Gasteiger partial charge in [0.15, 0.2) is 0 Å². The number of hydrogen-bond acceptors (Lipinski definition) is 3. The Kier molecular flexibility index (Phi) is 3.87. The molecule has 0 bridgehead atoms. The molecular formula is C18H22N4O. The molecule has 4 rings (SSSR count). The molecular weight excluding hydrogens is 288 g/mol. The number of rotatable bonds is 3. The van der Waals surface area contributed by atoms with Crippen molar-refractivity contribution in [1.29, 1.82) is 0 Å². The summed E-state index contributed by atoms with van der Waals surface area (Å²) in [7, 11) is 0. The van der Waals surface area contributed by atoms with Crippen LogP contribution in [0.1, 0.15) is 28.9 Å². The van der Waals surface area contributed by atoms with Crippen molar-refractivity contribution in [3.8, 4) is 0 Å². The Morgan fingerprint density at radius 2 is 2.22 bits per heavy atom. The minimum Gasteiger partial charge on any atom is -0.350 e. The van der Waals surface area contributed by atoms with E-state index in [-0.39, 0.29) is 11.8 Å². The van der Waals surface area contributed by atoms with Crippen molar-refractivity contribution >= 4 is 5.91 Å². The Morgan fingerprint density at radius 1 is 1.35 bits per heavy atom. The van der Waals surface area contributed by atoms with Gasteiger partial charge in [0.05, 0.1) is 24.5 Å². The van der Waals surface area contributed by atoms with E-state index < -0.39 is 0 Å². The van der Waals surface area contributed by atoms with Crippen molar-refractivity contribution in [2.24, 2.45) is 5.92 Å². The lowest BCUT2D eigenvalue weighted by Gasteiger charge is -2.23. The fourth-order valence-electron chi connectivity index (χ4n) is 3.58. The molecule has 1 unspecified atom stereocenters. The topological polar surface area (TPSA) is 59.0 Å². The number of amides is 1. The first-order chi connectivity index (χ1) is 11.3. The van der Waals surface area contributed by atoms with Crippen molar-refractivity contribution in [1.82, 2.24) is 20.4 Å². The van der Waals surface area contributed by atoms with Crippen molar-refractivity contribution in [2.75, 3.05) is 6.54 Å². The van der Waals surface area contributed by atoms with Crippen LogP contribution in [0, 0.1) is 5.92 Å². The molecule has 23 heavy (non-hydrogen) atoms. The van der Waals surface area contributed by atoms with Gasteiger partial charge in [0.25, 0.3) is 0 Å². The first kappa shape index (κ1) is 14.5. The van der Waals surface area contributed by atoms with Gasteiger partial charge in [-0.2, -0.15) is 5.10 Å². The highest BCUT2D eigenvalue weighted by atomic mass is 16.1. The molecule has 2 N–H and O–H groups in total. The molecule has 1 aromatic carbocycles. The molecule has 120 valence electrons. The van der Waals surface area contributed by atoms with Crippen LogP contribution in [-0.4, -0.2) is 22.2 Å². The van der Waals surface area contributed by atoms with Crippen LogP contribution in [0.15, 0.2) is 30.3 Å². The maximum absolute atomic E-state index is 12.5. The molecule has 0 fully saturated rings. The molecule has 2 aliphatic rings. The van der Waals surface area contributed by atoms with Gasteiger partial charge in [0.1, 0.15) is 0 Å². The summed E-state index contributed by atoms with van der Waals surface area (Å²) in [4.78, 5) is 12.5. The van der Waals surface area contributed by atoms with Gasteiger partial charge in [0.2, 0.25) is 5.91 Å². The van der Waals surface area contributed by atoms with Gasteiger partial charge in [-0.25, -0.2) is 0 Å². The molecule has 0 spiro atoms. The number of hydrogen-bond donors (Lipinski definition) is 2. The third kappa shape index (κ3) is 3.01. The molecule has 2 heterocycles. The van der Waals surface area contributed by atoms with Gasteiger partial charge >= 0.3 is 0 Å². The SMILES string of the molecule is O=C(NCc1cc2n(n1)CCNC2)C1CCc2ccccc2C1. The molecule has 1 atom stereocenters. The van der Waals surface area contributed by atoms with E-state index in [1.54, 1.807) is 0 Å². The fourth-order valence-corrected chi connectivity index (χ4v) is 3.58. The summed E-state index contributed by atoms with van der Waals surface area (Å²) in [5.41, 5.74) is 4.87. The number of carbonyl (C=O) groups excluding carboxylic acids is 1. The maximum atomic E-state index is 12.5. The lowest BCUT2D eigenvalue weighted by Crippen LogP contribution is -2.33. The van der Waals surface area contributed by atoms with Crippen LogP contribution in [0.4, 0.5) is 0 Å². The Morgan fingerprint density at radius 3 is 3.09 bits per heavy atom. The van der Waals surface area contributed by atoms with Crippen molar-refractivity contribution in [2.45, 2.75) is 38.9 Å². The standard InChI is InChI=1S/C18H22N4O/c23-18(15-6-5-13-3-1-2-4-14(13)9-15)20-11-16-10-17-12-19-7-8-22(17)21-16/h1-4,10,15,19H,5-9,11-12H2,(H,20,23). The van der Waals surface area contributed by atoms with Gasteiger partial charge < -0.3 is 10.6 Å². The highest BCUT2D eigenvalue weighted by Crippen LogP contribution is 2.25. The van der Waals surface area contributed by atoms with E-state index in [1.807, 2.05) is 4.68 Å². The minimum atomic E-state index is 0.0869. The number of benzene rings is 1. The predicted octanol–water partition coefficient (Wildman–Crippen LogP) is 1.41. The largest absolute Gasteiger partial charge is 0.350 e. The zero-order chi connectivity index (χ0) is 15.6. The van der Waals surface area contributed by atoms with E-state index >= 15 is 0 Å². The molecule has 1 aromatic heterocycles. The minimum absolute atomic E-state index is 0.0869. The average molecular weight is 310 g/mol. The molecule has 1 aliphatic heterocycles. The zero-order valence-corrected chi connectivity index (χ0v) is 13.2. The summed E-state index contributed by atoms with van der Waals surface area (Å²) in [6.07, 6.45) is 2.79. The van der Waals surface area contributed by atoms with Crippen molar-refractivity contribution < 1.29 is 4.79 Å². The first-order valence-electron chi connectivity index (χ1n) is 8.40. The number of aryl methyl sites for hydroxylation is 1. The van der Waals surface area contributed by atoms with Crippen LogP contribution in [0.2, 0.25) is 0 Å². The number of nitrogens with one attached hydrogen (secondary N) is 2. The lowest BCUT2D eigenvalue weighted by molar-refractivity contribution is -0.125. The smallest absolute Gasteiger partial charge is 0.223 e. The zero-order valence-electron chi connectivity index (χ0n) is 13.2. The predicted molar refractivity (Wildman–Crippen MR) is 87.7 cm³/mol. The van der Waals surface area contributed by atoms with Crippen LogP contribution in [0.25, 0.3) is 0 Å². The summed E-state index contributed by atoms with van der Waals surface area (Å²) in [5.74, 6) is 0.243. The van der Waals surface area contributed by atoms with Gasteiger partial charge in [-0.15, -0.1) is 0 Å². The van der Waals surface area contributed by atoms with E-state index in [0.29, 0.717) is 6.54 Å². The second kappa shape index (κ2) is 6.16. The number of nitrogens with zero attached hydrogens (tertiary/aromatic N) is 2. The third-order valence-corrected chi connectivity index (χ3v) is 4.88. The molecule has 0 saturated heterocycles. The molecule has 0 saturated carbocycles. The van der Waals surface area contributed by atoms with Crippen LogP contribution in [0.3, 0.4) is 0 Å². The molecule has 5 heteroatoms. The van der Waals surface area contributed by atoms with E-state index in [0.717, 1.165) is 44.6 Å². The van der Waals surface area contributed by atoms with E-state index in [4.69, 9.17) is 0 Å². The van der Waals surface area contributed by atoms with Crippen molar-refractivity contribution in [3.05, 3.63) is 52.8 Å². The monoisotopic (exact) mass is 310 g/mol. The van der Waals surface area contributed by atoms with E-state index in [1.165, 1.54) is 16.8 Å². The summed E-state index contributed by atoms with van der Waals surface area (Å²) >= 11 is 0. The Labute approximate surface area is 136 Å². The van der Waals surface area contributed by atoms with Gasteiger partial charge in [0, 0.05) is 19.0 Å². The Bertz CT molecular complexity index is 698. The molecule has 1 amide bonds. The normalized spacial score (nSPS) is 19.7. The van der Waals surface area contributed by atoms with Crippen molar-refractivity contribution in [3.63, 3.8) is 0 Å². The molecule has 5 nitrogen and oxygen atoms in total. The van der Waals surface area contributed by atoms with Crippen LogP contribution in [0.5, 0.6) is 0 Å². The van der Waals surface area contributed by atoms with Crippen LogP contribution >= 0.6 is 0 Å². The molecule has 2 aromatic rings. The van der Waals surface area contributed by atoms with E-state index in [9.17, 15) is 4.79 Å². The lowest BCUT2D eigenvalue weighted by atomic mass is 9.83. The molecule has 0 radical (unpaired) electrons. The first-order valence-corrected chi connectivity index (χ1v) is 8.40. The summed E-state index contributed by atoms with van der Waals surface area (Å²) in [6.45, 7) is 3.25. The maximum Gasteiger partial charge on any atom is 0.223 e. The van der Waals surface area contributed by atoms with Crippen LogP contribution < -0.4 is 10.6 Å². The van der Waals surface area contributed by atoms with Gasteiger partial charge in [-0.05, 0) is 36.5 Å². The van der Waals surface area contributed by atoms with E-state index in [2.05, 4.69) is 46.1 Å². The highest BCUT2D eigenvalue weighted by molar-refractivity contribution is 5.79. The fraction of sp³-hybridized carbons (Fsp3) is 0.444. The summed E-state index contributed by atoms with van der Waals surface area (Å²) < 4.78 is 2.04. The van der Waals surface area contributed by atoms with Crippen LogP contribution in [-0.2, 0) is 37.3 Å². The number of fused-ring (bicyclic) bond motifs is 2. The summed E-state index contributed by atoms with van der Waals surface area (Å²) in [6, 6.07) is 10.5. The average Bonchev–Trinajstić information content (AvgIpc) is 3.02. The highest BCUT2D eigenvalue weighted by Gasteiger charge is 2.24. The number of aromatic nitrogens is 2. The Hall–Kier alpha value is -2.14. The summed E-state index contributed by atoms with van der Waals surface area (Å²) in [5, 5.41) is 11.0. The third-order valence-electron chi connectivity index (χ3n) is 4.88. The molecule has 1 aliphatic carbocycles. The quantitative estimate of drug-likeness (QED) is 0.901. The Balaban J connectivity index is 1.36. The van der Waals surface area contributed by atoms with Gasteiger partial charge in [-0.1, -0.05) is 24.3 Å². The second-order valence-electron chi connectivity index (χ2n) is 6.45.